The minimum atomic E-state index is -0.905. The van der Waals surface area contributed by atoms with Crippen LogP contribution in [0.1, 0.15) is 19.4 Å². The van der Waals surface area contributed by atoms with Crippen LogP contribution in [0.5, 0.6) is 0 Å². The fourth-order valence-electron chi connectivity index (χ4n) is 2.68. The van der Waals surface area contributed by atoms with Gasteiger partial charge in [0.05, 0.1) is 16.3 Å². The molecule has 0 bridgehead atoms. The van der Waals surface area contributed by atoms with Crippen molar-refractivity contribution in [3.05, 3.63) is 52.6 Å². The lowest BCUT2D eigenvalue weighted by Crippen LogP contribution is -2.40. The Hall–Kier alpha value is -1.98. The Morgan fingerprint density at radius 2 is 1.91 bits per heavy atom. The van der Waals surface area contributed by atoms with Crippen LogP contribution < -0.4 is 5.32 Å². The summed E-state index contributed by atoms with van der Waals surface area (Å²) in [5.41, 5.74) is 1.09. The van der Waals surface area contributed by atoms with Crippen LogP contribution >= 0.6 is 11.6 Å². The summed E-state index contributed by atoms with van der Waals surface area (Å²) in [6.45, 7) is 3.51. The molecule has 0 aromatic heterocycles. The highest BCUT2D eigenvalue weighted by molar-refractivity contribution is 6.31. The second-order valence-electron chi connectivity index (χ2n) is 5.84. The van der Waals surface area contributed by atoms with Crippen molar-refractivity contribution in [3.8, 4) is 11.1 Å². The molecule has 0 fully saturated rings. The SMILES string of the molecule is CC1(C)OC(C=O)Nc2c(F)cc(-c3ccc(F)c(Cl)c3)cc21. The van der Waals surface area contributed by atoms with Gasteiger partial charge in [-0.05, 0) is 49.2 Å². The third-order valence-electron chi connectivity index (χ3n) is 3.82. The van der Waals surface area contributed by atoms with Gasteiger partial charge in [-0.2, -0.15) is 0 Å². The molecule has 1 aliphatic heterocycles. The van der Waals surface area contributed by atoms with Gasteiger partial charge in [-0.1, -0.05) is 17.7 Å². The highest BCUT2D eigenvalue weighted by Crippen LogP contribution is 2.41. The number of halogens is 3. The van der Waals surface area contributed by atoms with Gasteiger partial charge in [-0.3, -0.25) is 4.79 Å². The van der Waals surface area contributed by atoms with E-state index in [1.807, 2.05) is 0 Å². The van der Waals surface area contributed by atoms with Gasteiger partial charge >= 0.3 is 0 Å². The van der Waals surface area contributed by atoms with Gasteiger partial charge in [0.25, 0.3) is 0 Å². The highest BCUT2D eigenvalue weighted by atomic mass is 35.5. The number of fused-ring (bicyclic) bond motifs is 1. The van der Waals surface area contributed by atoms with E-state index >= 15 is 0 Å². The second-order valence-corrected chi connectivity index (χ2v) is 6.25. The number of nitrogens with one attached hydrogen (secondary N) is 1. The number of carbonyl (C=O) groups is 1. The molecule has 0 amide bonds. The summed E-state index contributed by atoms with van der Waals surface area (Å²) in [7, 11) is 0. The van der Waals surface area contributed by atoms with E-state index in [-0.39, 0.29) is 10.7 Å². The zero-order valence-corrected chi connectivity index (χ0v) is 13.2. The third-order valence-corrected chi connectivity index (χ3v) is 4.11. The number of hydrogen-bond acceptors (Lipinski definition) is 3. The second kappa shape index (κ2) is 5.58. The summed E-state index contributed by atoms with van der Waals surface area (Å²) in [6, 6.07) is 7.27. The normalized spacial score (nSPS) is 18.9. The predicted octanol–water partition coefficient (Wildman–Crippen LogP) is 4.49. The van der Waals surface area contributed by atoms with Crippen molar-refractivity contribution in [1.29, 1.82) is 0 Å². The van der Waals surface area contributed by atoms with Crippen molar-refractivity contribution in [2.75, 3.05) is 5.32 Å². The number of rotatable bonds is 2. The first-order chi connectivity index (χ1) is 10.8. The molecule has 1 aliphatic rings. The predicted molar refractivity (Wildman–Crippen MR) is 84.4 cm³/mol. The Bertz CT molecular complexity index is 792. The van der Waals surface area contributed by atoms with E-state index in [1.165, 1.54) is 24.3 Å². The first-order valence-electron chi connectivity index (χ1n) is 7.01. The fraction of sp³-hybridized carbons (Fsp3) is 0.235. The van der Waals surface area contributed by atoms with Crippen LogP contribution in [0.3, 0.4) is 0 Å². The molecule has 1 heterocycles. The molecule has 2 aromatic rings. The van der Waals surface area contributed by atoms with Gasteiger partial charge in [0.2, 0.25) is 0 Å². The monoisotopic (exact) mass is 337 g/mol. The number of aldehydes is 1. The van der Waals surface area contributed by atoms with Crippen molar-refractivity contribution in [2.45, 2.75) is 25.7 Å². The summed E-state index contributed by atoms with van der Waals surface area (Å²) in [6.07, 6.45) is -0.323. The van der Waals surface area contributed by atoms with Crippen LogP contribution in [-0.4, -0.2) is 12.5 Å². The summed E-state index contributed by atoms with van der Waals surface area (Å²) in [5.74, 6) is -1.05. The van der Waals surface area contributed by atoms with E-state index in [0.717, 1.165) is 0 Å². The lowest BCUT2D eigenvalue weighted by Gasteiger charge is -2.37. The van der Waals surface area contributed by atoms with Gasteiger partial charge in [0.1, 0.15) is 11.6 Å². The molecule has 0 saturated heterocycles. The van der Waals surface area contributed by atoms with Crippen molar-refractivity contribution in [3.63, 3.8) is 0 Å². The molecule has 0 saturated carbocycles. The summed E-state index contributed by atoms with van der Waals surface area (Å²) < 4.78 is 33.4. The number of ether oxygens (including phenoxy) is 1. The average molecular weight is 338 g/mol. The van der Waals surface area contributed by atoms with Gasteiger partial charge in [0, 0.05) is 5.56 Å². The van der Waals surface area contributed by atoms with Gasteiger partial charge < -0.3 is 10.1 Å². The maximum Gasteiger partial charge on any atom is 0.185 e. The van der Waals surface area contributed by atoms with Crippen LogP contribution in [0.4, 0.5) is 14.5 Å². The van der Waals surface area contributed by atoms with Gasteiger partial charge in [-0.25, -0.2) is 8.78 Å². The summed E-state index contributed by atoms with van der Waals surface area (Å²) in [4.78, 5) is 11.0. The Labute approximate surface area is 137 Å². The Kier molecular flexibility index (Phi) is 3.86. The van der Waals surface area contributed by atoms with E-state index in [0.29, 0.717) is 23.0 Å². The van der Waals surface area contributed by atoms with E-state index in [1.54, 1.807) is 19.9 Å². The number of carbonyl (C=O) groups excluding carboxylic acids is 1. The third kappa shape index (κ3) is 2.82. The molecular formula is C17H14ClF2NO2. The molecule has 3 nitrogen and oxygen atoms in total. The van der Waals surface area contributed by atoms with Crippen LogP contribution in [0.2, 0.25) is 5.02 Å². The lowest BCUT2D eigenvalue weighted by molar-refractivity contribution is -0.128. The molecule has 2 aromatic carbocycles. The molecule has 23 heavy (non-hydrogen) atoms. The minimum absolute atomic E-state index is 0.0321. The minimum Gasteiger partial charge on any atom is -0.351 e. The zero-order chi connectivity index (χ0) is 16.8. The smallest absolute Gasteiger partial charge is 0.185 e. The maximum atomic E-state index is 14.5. The molecule has 0 radical (unpaired) electrons. The summed E-state index contributed by atoms with van der Waals surface area (Å²) in [5, 5.41) is 2.69. The van der Waals surface area contributed by atoms with Crippen LogP contribution in [0.15, 0.2) is 30.3 Å². The molecule has 1 unspecified atom stereocenters. The maximum absolute atomic E-state index is 14.5. The van der Waals surface area contributed by atoms with Crippen LogP contribution in [0, 0.1) is 11.6 Å². The molecule has 3 rings (SSSR count). The molecule has 1 N–H and O–H groups in total. The molecule has 1 atom stereocenters. The molecule has 0 spiro atoms. The fourth-order valence-corrected chi connectivity index (χ4v) is 2.87. The van der Waals surface area contributed by atoms with Gasteiger partial charge in [0.15, 0.2) is 12.5 Å². The molecule has 120 valence electrons. The standard InChI is InChI=1S/C17H14ClF2NO2/c1-17(2)11-5-10(9-3-4-13(19)12(18)6-9)7-14(20)16(11)21-15(8-22)23-17/h3-8,15,21H,1-2H3. The Balaban J connectivity index is 2.15. The van der Waals surface area contributed by atoms with Crippen LogP contribution in [-0.2, 0) is 15.1 Å². The number of benzene rings is 2. The molecule has 6 heteroatoms. The van der Waals surface area contributed by atoms with Crippen molar-refractivity contribution < 1.29 is 18.3 Å². The number of hydrogen-bond donors (Lipinski definition) is 1. The quantitative estimate of drug-likeness (QED) is 0.821. The average Bonchev–Trinajstić information content (AvgIpc) is 2.50. The Morgan fingerprint density at radius 3 is 2.57 bits per heavy atom. The molecular weight excluding hydrogens is 324 g/mol. The largest absolute Gasteiger partial charge is 0.351 e. The van der Waals surface area contributed by atoms with Crippen LogP contribution in [0.25, 0.3) is 11.1 Å². The molecule has 0 aliphatic carbocycles. The first kappa shape index (κ1) is 15.9. The first-order valence-corrected chi connectivity index (χ1v) is 7.39. The van der Waals surface area contributed by atoms with E-state index in [4.69, 9.17) is 16.3 Å². The lowest BCUT2D eigenvalue weighted by atomic mass is 9.90. The van der Waals surface area contributed by atoms with Crippen molar-refractivity contribution >= 4 is 23.6 Å². The summed E-state index contributed by atoms with van der Waals surface area (Å²) >= 11 is 5.80. The number of anilines is 1. The Morgan fingerprint density at radius 1 is 1.17 bits per heavy atom. The topological polar surface area (TPSA) is 38.3 Å². The van der Waals surface area contributed by atoms with E-state index in [2.05, 4.69) is 5.32 Å². The zero-order valence-electron chi connectivity index (χ0n) is 12.5. The van der Waals surface area contributed by atoms with Crippen molar-refractivity contribution in [1.82, 2.24) is 0 Å². The van der Waals surface area contributed by atoms with E-state index in [9.17, 15) is 13.6 Å². The van der Waals surface area contributed by atoms with E-state index < -0.39 is 23.5 Å². The highest BCUT2D eigenvalue weighted by Gasteiger charge is 2.35. The van der Waals surface area contributed by atoms with Crippen molar-refractivity contribution in [2.24, 2.45) is 0 Å². The van der Waals surface area contributed by atoms with Gasteiger partial charge in [-0.15, -0.1) is 0 Å².